The van der Waals surface area contributed by atoms with Gasteiger partial charge in [-0.1, -0.05) is 80.6 Å². The third-order valence-electron chi connectivity index (χ3n) is 3.26. The highest BCUT2D eigenvalue weighted by atomic mass is 14.1. The SMILES string of the molecule is CC/C=C\C(=C/CC)c1cccc(-c2ccccc2)c1. The Bertz CT molecular complexity index is 588. The Labute approximate surface area is 122 Å². The number of rotatable bonds is 5. The predicted molar refractivity (Wildman–Crippen MR) is 89.6 cm³/mol. The molecule has 0 radical (unpaired) electrons. The van der Waals surface area contributed by atoms with Crippen LogP contribution in [0.2, 0.25) is 0 Å². The van der Waals surface area contributed by atoms with E-state index >= 15 is 0 Å². The molecule has 2 aromatic carbocycles. The second kappa shape index (κ2) is 7.49. The molecule has 0 spiro atoms. The summed E-state index contributed by atoms with van der Waals surface area (Å²) in [6.07, 6.45) is 8.86. The number of hydrogen-bond donors (Lipinski definition) is 0. The van der Waals surface area contributed by atoms with Crippen LogP contribution >= 0.6 is 0 Å². The molecule has 0 bridgehead atoms. The molecule has 2 rings (SSSR count). The first-order valence-corrected chi connectivity index (χ1v) is 7.37. The highest BCUT2D eigenvalue weighted by Crippen LogP contribution is 2.24. The summed E-state index contributed by atoms with van der Waals surface area (Å²) >= 11 is 0. The monoisotopic (exact) mass is 262 g/mol. The lowest BCUT2D eigenvalue weighted by atomic mass is 9.98. The Kier molecular flexibility index (Phi) is 5.37. The summed E-state index contributed by atoms with van der Waals surface area (Å²) < 4.78 is 0. The van der Waals surface area contributed by atoms with Gasteiger partial charge in [-0.25, -0.2) is 0 Å². The van der Waals surface area contributed by atoms with Gasteiger partial charge < -0.3 is 0 Å². The molecule has 0 N–H and O–H groups in total. The van der Waals surface area contributed by atoms with Crippen LogP contribution in [0, 0.1) is 0 Å². The van der Waals surface area contributed by atoms with Crippen LogP contribution in [0.25, 0.3) is 16.7 Å². The minimum absolute atomic E-state index is 1.05. The average Bonchev–Trinajstić information content (AvgIpc) is 2.52. The Balaban J connectivity index is 2.38. The van der Waals surface area contributed by atoms with Crippen LogP contribution in [0.15, 0.2) is 72.8 Å². The fourth-order valence-electron chi connectivity index (χ4n) is 2.26. The minimum atomic E-state index is 1.05. The largest absolute Gasteiger partial charge is 0.0842 e. The third kappa shape index (κ3) is 3.71. The topological polar surface area (TPSA) is 0 Å². The number of hydrogen-bond acceptors (Lipinski definition) is 0. The van der Waals surface area contributed by atoms with E-state index in [4.69, 9.17) is 0 Å². The van der Waals surface area contributed by atoms with E-state index in [-0.39, 0.29) is 0 Å². The molecule has 0 aliphatic rings. The molecule has 0 aliphatic carbocycles. The van der Waals surface area contributed by atoms with E-state index in [0.717, 1.165) is 12.8 Å². The standard InChI is InChI=1S/C20H22/c1-3-5-11-17(10-4-2)19-14-9-15-20(16-19)18-12-7-6-8-13-18/h5-16H,3-4H2,1-2H3/b11-5-,17-10+. The molecule has 0 heterocycles. The van der Waals surface area contributed by atoms with E-state index in [0.29, 0.717) is 0 Å². The lowest BCUT2D eigenvalue weighted by molar-refractivity contribution is 1.21. The van der Waals surface area contributed by atoms with Crippen LogP contribution in [-0.4, -0.2) is 0 Å². The van der Waals surface area contributed by atoms with Crippen LogP contribution in [0.3, 0.4) is 0 Å². The second-order valence-corrected chi connectivity index (χ2v) is 4.83. The maximum absolute atomic E-state index is 2.29. The predicted octanol–water partition coefficient (Wildman–Crippen LogP) is 6.11. The molecular weight excluding hydrogens is 240 g/mol. The zero-order valence-corrected chi connectivity index (χ0v) is 12.3. The molecule has 20 heavy (non-hydrogen) atoms. The molecule has 0 atom stereocenters. The molecule has 0 unspecified atom stereocenters. The van der Waals surface area contributed by atoms with Gasteiger partial charge in [-0.2, -0.15) is 0 Å². The summed E-state index contributed by atoms with van der Waals surface area (Å²) in [5.41, 5.74) is 5.14. The van der Waals surface area contributed by atoms with Crippen molar-refractivity contribution in [2.45, 2.75) is 26.7 Å². The van der Waals surface area contributed by atoms with Gasteiger partial charge in [-0.15, -0.1) is 0 Å². The molecule has 0 aliphatic heterocycles. The molecular formula is C20H22. The van der Waals surface area contributed by atoms with Crippen LogP contribution in [-0.2, 0) is 0 Å². The van der Waals surface area contributed by atoms with Gasteiger partial charge in [0.1, 0.15) is 0 Å². The van der Waals surface area contributed by atoms with Crippen molar-refractivity contribution in [3.05, 3.63) is 78.4 Å². The van der Waals surface area contributed by atoms with Crippen LogP contribution in [0.4, 0.5) is 0 Å². The Morgan fingerprint density at radius 2 is 1.60 bits per heavy atom. The van der Waals surface area contributed by atoms with Gasteiger partial charge in [-0.05, 0) is 41.2 Å². The molecule has 102 valence electrons. The maximum Gasteiger partial charge on any atom is -0.0178 e. The van der Waals surface area contributed by atoms with Crippen LogP contribution < -0.4 is 0 Å². The van der Waals surface area contributed by atoms with Crippen molar-refractivity contribution in [2.24, 2.45) is 0 Å². The molecule has 0 aromatic heterocycles. The molecule has 0 fully saturated rings. The lowest BCUT2D eigenvalue weighted by Crippen LogP contribution is -1.84. The van der Waals surface area contributed by atoms with Gasteiger partial charge >= 0.3 is 0 Å². The summed E-state index contributed by atoms with van der Waals surface area (Å²) in [6, 6.07) is 19.3. The van der Waals surface area contributed by atoms with E-state index in [1.807, 2.05) is 0 Å². The van der Waals surface area contributed by atoms with Crippen molar-refractivity contribution in [1.82, 2.24) is 0 Å². The first-order chi connectivity index (χ1) is 9.85. The van der Waals surface area contributed by atoms with E-state index < -0.39 is 0 Å². The van der Waals surface area contributed by atoms with Crippen molar-refractivity contribution in [1.29, 1.82) is 0 Å². The molecule has 0 saturated carbocycles. The van der Waals surface area contributed by atoms with E-state index in [1.165, 1.54) is 22.3 Å². The highest BCUT2D eigenvalue weighted by Gasteiger charge is 2.01. The quantitative estimate of drug-likeness (QED) is 0.570. The summed E-state index contributed by atoms with van der Waals surface area (Å²) in [6.45, 7) is 4.35. The molecule has 0 amide bonds. The first-order valence-electron chi connectivity index (χ1n) is 7.37. The zero-order chi connectivity index (χ0) is 14.2. The molecule has 0 heteroatoms. The Morgan fingerprint density at radius 1 is 0.850 bits per heavy atom. The first kappa shape index (κ1) is 14.3. The zero-order valence-electron chi connectivity index (χ0n) is 12.3. The van der Waals surface area contributed by atoms with Gasteiger partial charge in [-0.3, -0.25) is 0 Å². The average molecular weight is 262 g/mol. The van der Waals surface area contributed by atoms with Gasteiger partial charge in [0.05, 0.1) is 0 Å². The van der Waals surface area contributed by atoms with Crippen LogP contribution in [0.1, 0.15) is 32.3 Å². The van der Waals surface area contributed by atoms with E-state index in [1.54, 1.807) is 0 Å². The van der Waals surface area contributed by atoms with Crippen molar-refractivity contribution >= 4 is 5.57 Å². The lowest BCUT2D eigenvalue weighted by Gasteiger charge is -2.07. The molecule has 0 saturated heterocycles. The normalized spacial score (nSPS) is 12.0. The summed E-state index contributed by atoms with van der Waals surface area (Å²) in [5.74, 6) is 0. The smallest absolute Gasteiger partial charge is 0.0178 e. The van der Waals surface area contributed by atoms with Crippen molar-refractivity contribution in [3.63, 3.8) is 0 Å². The van der Waals surface area contributed by atoms with Gasteiger partial charge in [0.15, 0.2) is 0 Å². The van der Waals surface area contributed by atoms with Gasteiger partial charge in [0, 0.05) is 0 Å². The third-order valence-corrected chi connectivity index (χ3v) is 3.26. The van der Waals surface area contributed by atoms with Gasteiger partial charge in [0.2, 0.25) is 0 Å². The van der Waals surface area contributed by atoms with E-state index in [9.17, 15) is 0 Å². The summed E-state index contributed by atoms with van der Waals surface area (Å²) in [7, 11) is 0. The summed E-state index contributed by atoms with van der Waals surface area (Å²) in [5, 5.41) is 0. The highest BCUT2D eigenvalue weighted by molar-refractivity contribution is 5.77. The minimum Gasteiger partial charge on any atom is -0.0842 e. The fraction of sp³-hybridized carbons (Fsp3) is 0.200. The van der Waals surface area contributed by atoms with Crippen molar-refractivity contribution in [2.75, 3.05) is 0 Å². The molecule has 2 aromatic rings. The fourth-order valence-corrected chi connectivity index (χ4v) is 2.26. The Morgan fingerprint density at radius 3 is 2.30 bits per heavy atom. The Hall–Kier alpha value is -2.08. The molecule has 0 nitrogen and oxygen atoms in total. The van der Waals surface area contributed by atoms with E-state index in [2.05, 4.69) is 86.7 Å². The summed E-state index contributed by atoms with van der Waals surface area (Å²) in [4.78, 5) is 0. The van der Waals surface area contributed by atoms with Crippen molar-refractivity contribution in [3.8, 4) is 11.1 Å². The number of benzene rings is 2. The van der Waals surface area contributed by atoms with Crippen molar-refractivity contribution < 1.29 is 0 Å². The number of allylic oxidation sites excluding steroid dienone is 4. The second-order valence-electron chi connectivity index (χ2n) is 4.83. The maximum atomic E-state index is 2.29. The van der Waals surface area contributed by atoms with Crippen LogP contribution in [0.5, 0.6) is 0 Å². The van der Waals surface area contributed by atoms with Gasteiger partial charge in [0.25, 0.3) is 0 Å².